The third-order valence-electron chi connectivity index (χ3n) is 2.98. The van der Waals surface area contributed by atoms with Crippen LogP contribution < -0.4 is 11.0 Å². The van der Waals surface area contributed by atoms with Crippen molar-refractivity contribution in [2.24, 2.45) is 0 Å². The topological polar surface area (TPSA) is 60.7 Å². The van der Waals surface area contributed by atoms with Crippen LogP contribution in [0.5, 0.6) is 0 Å². The van der Waals surface area contributed by atoms with Crippen molar-refractivity contribution in [3.05, 3.63) is 62.7 Å². The molecule has 1 heterocycles. The van der Waals surface area contributed by atoms with Gasteiger partial charge in [-0.25, -0.2) is 9.18 Å². The van der Waals surface area contributed by atoms with Crippen molar-refractivity contribution in [3.63, 3.8) is 0 Å². The molecular weight excluding hydrogens is 325 g/mol. The summed E-state index contributed by atoms with van der Waals surface area (Å²) in [6.07, 6.45) is 0. The highest BCUT2D eigenvalue weighted by Crippen LogP contribution is 2.26. The largest absolute Gasteiger partial charge is 0.380 e. The molecule has 6 heteroatoms. The third-order valence-corrected chi connectivity index (χ3v) is 3.63. The summed E-state index contributed by atoms with van der Waals surface area (Å²) in [7, 11) is 0. The number of anilines is 1. The first-order valence-electron chi connectivity index (χ1n) is 6.02. The maximum Gasteiger partial charge on any atom is 0.323 e. The van der Waals surface area contributed by atoms with Gasteiger partial charge in [0.05, 0.1) is 16.7 Å². The van der Waals surface area contributed by atoms with E-state index in [9.17, 15) is 9.18 Å². The predicted octanol–water partition coefficient (Wildman–Crippen LogP) is 3.37. The van der Waals surface area contributed by atoms with Crippen LogP contribution in [0.15, 0.2) is 45.7 Å². The average Bonchev–Trinajstić information content (AvgIpc) is 2.75. The van der Waals surface area contributed by atoms with Gasteiger partial charge in [-0.2, -0.15) is 0 Å². The van der Waals surface area contributed by atoms with Gasteiger partial charge in [0.25, 0.3) is 0 Å². The van der Waals surface area contributed by atoms with Crippen LogP contribution in [0.25, 0.3) is 11.0 Å². The van der Waals surface area contributed by atoms with Gasteiger partial charge in [0, 0.05) is 11.0 Å². The maximum absolute atomic E-state index is 13.1. The van der Waals surface area contributed by atoms with Crippen molar-refractivity contribution in [1.82, 2.24) is 9.97 Å². The number of fused-ring (bicyclic) bond motifs is 1. The van der Waals surface area contributed by atoms with Gasteiger partial charge in [-0.1, -0.05) is 12.1 Å². The van der Waals surface area contributed by atoms with Gasteiger partial charge in [-0.05, 0) is 45.8 Å². The zero-order chi connectivity index (χ0) is 14.1. The molecule has 0 aliphatic rings. The predicted molar refractivity (Wildman–Crippen MR) is 80.3 cm³/mol. The van der Waals surface area contributed by atoms with Crippen LogP contribution in [0, 0.1) is 5.82 Å². The van der Waals surface area contributed by atoms with Crippen LogP contribution in [-0.4, -0.2) is 9.97 Å². The number of nitrogens with one attached hydrogen (secondary N) is 3. The molecule has 102 valence electrons. The SMILES string of the molecule is O=c1[nH]c2cc(Br)c(NCc3cccc(F)c3)cc2[nH]1. The number of aromatic nitrogens is 2. The first kappa shape index (κ1) is 12.9. The monoisotopic (exact) mass is 335 g/mol. The van der Waals surface area contributed by atoms with E-state index < -0.39 is 0 Å². The maximum atomic E-state index is 13.1. The number of aromatic amines is 2. The molecule has 3 aromatic rings. The summed E-state index contributed by atoms with van der Waals surface area (Å²) in [4.78, 5) is 16.6. The van der Waals surface area contributed by atoms with Crippen LogP contribution in [0.4, 0.5) is 10.1 Å². The van der Waals surface area contributed by atoms with Crippen LogP contribution in [0.3, 0.4) is 0 Å². The number of H-pyrrole nitrogens is 2. The molecule has 0 saturated carbocycles. The fraction of sp³-hybridized carbons (Fsp3) is 0.0714. The normalized spacial score (nSPS) is 10.9. The fourth-order valence-corrected chi connectivity index (χ4v) is 2.52. The molecule has 1 aromatic heterocycles. The highest BCUT2D eigenvalue weighted by Gasteiger charge is 2.05. The zero-order valence-corrected chi connectivity index (χ0v) is 11.9. The molecule has 0 spiro atoms. The Kier molecular flexibility index (Phi) is 3.31. The Balaban J connectivity index is 1.86. The summed E-state index contributed by atoms with van der Waals surface area (Å²) in [5.41, 5.74) is 2.89. The second kappa shape index (κ2) is 5.13. The molecule has 0 aliphatic carbocycles. The van der Waals surface area contributed by atoms with E-state index in [1.807, 2.05) is 18.2 Å². The quantitative estimate of drug-likeness (QED) is 0.687. The van der Waals surface area contributed by atoms with Crippen LogP contribution >= 0.6 is 15.9 Å². The second-order valence-corrected chi connectivity index (χ2v) is 5.29. The molecule has 20 heavy (non-hydrogen) atoms. The lowest BCUT2D eigenvalue weighted by Gasteiger charge is -2.09. The number of benzene rings is 2. The highest BCUT2D eigenvalue weighted by molar-refractivity contribution is 9.10. The number of imidazole rings is 1. The lowest BCUT2D eigenvalue weighted by molar-refractivity contribution is 0.626. The van der Waals surface area contributed by atoms with Crippen LogP contribution in [0.2, 0.25) is 0 Å². The van der Waals surface area contributed by atoms with E-state index in [1.165, 1.54) is 12.1 Å². The van der Waals surface area contributed by atoms with Gasteiger partial charge in [0.15, 0.2) is 0 Å². The van der Waals surface area contributed by atoms with Gasteiger partial charge in [-0.3, -0.25) is 0 Å². The number of rotatable bonds is 3. The minimum Gasteiger partial charge on any atom is -0.380 e. The summed E-state index contributed by atoms with van der Waals surface area (Å²) in [5.74, 6) is -0.256. The number of hydrogen-bond acceptors (Lipinski definition) is 2. The molecule has 4 nitrogen and oxygen atoms in total. The third kappa shape index (κ3) is 2.60. The summed E-state index contributed by atoms with van der Waals surface area (Å²) >= 11 is 3.44. The standard InChI is InChI=1S/C14H11BrFN3O/c15-10-5-12-13(19-14(20)18-12)6-11(10)17-7-8-2-1-3-9(16)4-8/h1-6,17H,7H2,(H2,18,19,20). The average molecular weight is 336 g/mol. The van der Waals surface area contributed by atoms with E-state index in [4.69, 9.17) is 0 Å². The second-order valence-electron chi connectivity index (χ2n) is 4.44. The van der Waals surface area contributed by atoms with E-state index in [0.29, 0.717) is 6.54 Å². The van der Waals surface area contributed by atoms with E-state index in [0.717, 1.165) is 26.8 Å². The van der Waals surface area contributed by atoms with Crippen molar-refractivity contribution in [1.29, 1.82) is 0 Å². The van der Waals surface area contributed by atoms with Crippen molar-refractivity contribution >= 4 is 32.7 Å². The number of hydrogen-bond donors (Lipinski definition) is 3. The van der Waals surface area contributed by atoms with E-state index in [-0.39, 0.29) is 11.5 Å². The lowest BCUT2D eigenvalue weighted by atomic mass is 10.2. The van der Waals surface area contributed by atoms with Crippen molar-refractivity contribution in [2.45, 2.75) is 6.54 Å². The van der Waals surface area contributed by atoms with Gasteiger partial charge in [-0.15, -0.1) is 0 Å². The molecule has 0 bridgehead atoms. The summed E-state index contributed by atoms with van der Waals surface area (Å²) in [6.45, 7) is 0.497. The molecule has 0 aliphatic heterocycles. The molecule has 2 aromatic carbocycles. The fourth-order valence-electron chi connectivity index (χ4n) is 2.04. The van der Waals surface area contributed by atoms with Gasteiger partial charge < -0.3 is 15.3 Å². The van der Waals surface area contributed by atoms with Gasteiger partial charge >= 0.3 is 5.69 Å². The van der Waals surface area contributed by atoms with Gasteiger partial charge in [0.2, 0.25) is 0 Å². The molecule has 3 N–H and O–H groups in total. The Morgan fingerprint density at radius 2 is 1.90 bits per heavy atom. The molecule has 0 amide bonds. The molecule has 0 atom stereocenters. The Morgan fingerprint density at radius 1 is 1.15 bits per heavy atom. The smallest absolute Gasteiger partial charge is 0.323 e. The molecule has 0 fully saturated rings. The Bertz CT molecular complexity index is 825. The molecule has 0 radical (unpaired) electrons. The van der Waals surface area contributed by atoms with Crippen molar-refractivity contribution in [2.75, 3.05) is 5.32 Å². The molecule has 3 rings (SSSR count). The van der Waals surface area contributed by atoms with Gasteiger partial charge in [0.1, 0.15) is 5.82 Å². The first-order chi connectivity index (χ1) is 9.61. The Hall–Kier alpha value is -2.08. The number of halogens is 2. The minimum atomic E-state index is -0.256. The van der Waals surface area contributed by atoms with E-state index >= 15 is 0 Å². The van der Waals surface area contributed by atoms with E-state index in [2.05, 4.69) is 31.2 Å². The van der Waals surface area contributed by atoms with Crippen molar-refractivity contribution < 1.29 is 4.39 Å². The highest BCUT2D eigenvalue weighted by atomic mass is 79.9. The Morgan fingerprint density at radius 3 is 2.65 bits per heavy atom. The molecule has 0 saturated heterocycles. The zero-order valence-electron chi connectivity index (χ0n) is 10.3. The van der Waals surface area contributed by atoms with Crippen LogP contribution in [-0.2, 0) is 6.54 Å². The van der Waals surface area contributed by atoms with Crippen molar-refractivity contribution in [3.8, 4) is 0 Å². The molecule has 0 unspecified atom stereocenters. The van der Waals surface area contributed by atoms with Crippen LogP contribution in [0.1, 0.15) is 5.56 Å². The summed E-state index contributed by atoms with van der Waals surface area (Å²) < 4.78 is 13.9. The summed E-state index contributed by atoms with van der Waals surface area (Å²) in [5, 5.41) is 3.21. The lowest BCUT2D eigenvalue weighted by Crippen LogP contribution is -2.00. The van der Waals surface area contributed by atoms with E-state index in [1.54, 1.807) is 6.07 Å². The Labute approximate surface area is 122 Å². The minimum absolute atomic E-state index is 0.241. The summed E-state index contributed by atoms with van der Waals surface area (Å²) in [6, 6.07) is 10.1. The first-order valence-corrected chi connectivity index (χ1v) is 6.81. The molecular formula is C14H11BrFN3O.